The predicted molar refractivity (Wildman–Crippen MR) is 66.2 cm³/mol. The second-order valence-electron chi connectivity index (χ2n) is 3.74. The average Bonchev–Trinajstić information content (AvgIpc) is 2.30. The molecule has 1 aromatic heterocycles. The van der Waals surface area contributed by atoms with Crippen molar-refractivity contribution in [3.05, 3.63) is 30.1 Å². The standard InChI is InChI=1S/C11H18N2O2S/c1-8(12)11(16-7-10(15)6-14)9-3-2-4-13-5-9/h2-5,8,10-11,14-15H,6-7,12H2,1H3. The summed E-state index contributed by atoms with van der Waals surface area (Å²) in [6.45, 7) is 1.71. The highest BCUT2D eigenvalue weighted by atomic mass is 32.2. The van der Waals surface area contributed by atoms with E-state index in [9.17, 15) is 5.11 Å². The van der Waals surface area contributed by atoms with Gasteiger partial charge in [-0.05, 0) is 18.6 Å². The molecule has 0 aliphatic heterocycles. The first-order chi connectivity index (χ1) is 7.65. The molecule has 1 aromatic rings. The normalized spacial score (nSPS) is 16.8. The molecule has 3 unspecified atom stereocenters. The summed E-state index contributed by atoms with van der Waals surface area (Å²) in [5.74, 6) is 0.470. The second-order valence-corrected chi connectivity index (χ2v) is 4.91. The molecule has 0 bridgehead atoms. The first-order valence-corrected chi connectivity index (χ1v) is 6.26. The number of hydrogen-bond donors (Lipinski definition) is 3. The van der Waals surface area contributed by atoms with Crippen LogP contribution < -0.4 is 5.73 Å². The lowest BCUT2D eigenvalue weighted by Crippen LogP contribution is -2.25. The molecule has 0 saturated heterocycles. The van der Waals surface area contributed by atoms with Crippen molar-refractivity contribution in [1.29, 1.82) is 0 Å². The lowest BCUT2D eigenvalue weighted by molar-refractivity contribution is 0.113. The van der Waals surface area contributed by atoms with Crippen LogP contribution in [0, 0.1) is 0 Å². The number of aliphatic hydroxyl groups excluding tert-OH is 2. The van der Waals surface area contributed by atoms with Gasteiger partial charge in [-0.1, -0.05) is 6.07 Å². The number of aromatic nitrogens is 1. The van der Waals surface area contributed by atoms with Gasteiger partial charge in [-0.2, -0.15) is 0 Å². The monoisotopic (exact) mass is 242 g/mol. The Morgan fingerprint density at radius 2 is 2.31 bits per heavy atom. The van der Waals surface area contributed by atoms with Crippen LogP contribution in [0.3, 0.4) is 0 Å². The third-order valence-corrected chi connectivity index (χ3v) is 3.81. The number of rotatable bonds is 6. The summed E-state index contributed by atoms with van der Waals surface area (Å²) < 4.78 is 0. The molecule has 0 fully saturated rings. The first kappa shape index (κ1) is 13.4. The summed E-state index contributed by atoms with van der Waals surface area (Å²) in [4.78, 5) is 4.05. The molecule has 0 aliphatic rings. The van der Waals surface area contributed by atoms with Crippen LogP contribution in [-0.2, 0) is 0 Å². The minimum Gasteiger partial charge on any atom is -0.394 e. The smallest absolute Gasteiger partial charge is 0.0861 e. The van der Waals surface area contributed by atoms with Gasteiger partial charge in [0.15, 0.2) is 0 Å². The number of aliphatic hydroxyl groups is 2. The third kappa shape index (κ3) is 4.09. The van der Waals surface area contributed by atoms with Crippen LogP contribution in [0.5, 0.6) is 0 Å². The van der Waals surface area contributed by atoms with Crippen molar-refractivity contribution in [2.75, 3.05) is 12.4 Å². The molecule has 5 heteroatoms. The largest absolute Gasteiger partial charge is 0.394 e. The van der Waals surface area contributed by atoms with Crippen LogP contribution >= 0.6 is 11.8 Å². The lowest BCUT2D eigenvalue weighted by atomic mass is 10.1. The fourth-order valence-corrected chi connectivity index (χ4v) is 2.53. The summed E-state index contributed by atoms with van der Waals surface area (Å²) in [6.07, 6.45) is 2.81. The highest BCUT2D eigenvalue weighted by molar-refractivity contribution is 7.99. The van der Waals surface area contributed by atoms with Gasteiger partial charge in [-0.25, -0.2) is 0 Å². The molecule has 0 radical (unpaired) electrons. The second kappa shape index (κ2) is 6.85. The first-order valence-electron chi connectivity index (χ1n) is 5.21. The van der Waals surface area contributed by atoms with Crippen molar-refractivity contribution < 1.29 is 10.2 Å². The minimum atomic E-state index is -0.692. The summed E-state index contributed by atoms with van der Waals surface area (Å²) in [5.41, 5.74) is 6.95. The van der Waals surface area contributed by atoms with Gasteiger partial charge in [-0.3, -0.25) is 4.98 Å². The van der Waals surface area contributed by atoms with Gasteiger partial charge in [0, 0.05) is 29.4 Å². The van der Waals surface area contributed by atoms with Gasteiger partial charge in [0.25, 0.3) is 0 Å². The number of thioether (sulfide) groups is 1. The zero-order valence-corrected chi connectivity index (χ0v) is 10.1. The van der Waals surface area contributed by atoms with Crippen LogP contribution in [0.4, 0.5) is 0 Å². The molecule has 0 aromatic carbocycles. The van der Waals surface area contributed by atoms with Crippen molar-refractivity contribution in [2.45, 2.75) is 24.3 Å². The van der Waals surface area contributed by atoms with Crippen LogP contribution in [0.25, 0.3) is 0 Å². The van der Waals surface area contributed by atoms with E-state index in [2.05, 4.69) is 4.98 Å². The lowest BCUT2D eigenvalue weighted by Gasteiger charge is -2.21. The summed E-state index contributed by atoms with van der Waals surface area (Å²) in [6, 6.07) is 3.81. The minimum absolute atomic E-state index is 0.0277. The summed E-state index contributed by atoms with van der Waals surface area (Å²) in [5, 5.41) is 18.2. The summed E-state index contributed by atoms with van der Waals surface area (Å²) in [7, 11) is 0. The number of nitrogens with zero attached hydrogens (tertiary/aromatic N) is 1. The van der Waals surface area contributed by atoms with E-state index in [4.69, 9.17) is 10.8 Å². The fraction of sp³-hybridized carbons (Fsp3) is 0.545. The Balaban J connectivity index is 2.62. The van der Waals surface area contributed by atoms with E-state index >= 15 is 0 Å². The Hall–Kier alpha value is -0.620. The Labute approximate surface area is 99.9 Å². The van der Waals surface area contributed by atoms with Crippen LogP contribution in [0.15, 0.2) is 24.5 Å². The van der Waals surface area contributed by atoms with Crippen molar-refractivity contribution >= 4 is 11.8 Å². The maximum atomic E-state index is 9.31. The van der Waals surface area contributed by atoms with E-state index in [1.165, 1.54) is 0 Å². The van der Waals surface area contributed by atoms with E-state index in [-0.39, 0.29) is 17.9 Å². The van der Waals surface area contributed by atoms with Gasteiger partial charge >= 0.3 is 0 Å². The van der Waals surface area contributed by atoms with Crippen LogP contribution in [0.1, 0.15) is 17.7 Å². The van der Waals surface area contributed by atoms with E-state index in [1.807, 2.05) is 19.1 Å². The van der Waals surface area contributed by atoms with E-state index < -0.39 is 6.10 Å². The Bertz CT molecular complexity index is 295. The molecular formula is C11H18N2O2S. The molecule has 1 heterocycles. The van der Waals surface area contributed by atoms with Crippen molar-refractivity contribution in [3.8, 4) is 0 Å². The van der Waals surface area contributed by atoms with E-state index in [0.717, 1.165) is 5.56 Å². The molecular weight excluding hydrogens is 224 g/mol. The molecule has 0 amide bonds. The topological polar surface area (TPSA) is 79.4 Å². The molecule has 3 atom stereocenters. The van der Waals surface area contributed by atoms with Crippen LogP contribution in [0.2, 0.25) is 0 Å². The van der Waals surface area contributed by atoms with E-state index in [0.29, 0.717) is 5.75 Å². The fourth-order valence-electron chi connectivity index (χ4n) is 1.36. The number of nitrogens with two attached hydrogens (primary N) is 1. The zero-order valence-electron chi connectivity index (χ0n) is 9.28. The van der Waals surface area contributed by atoms with Crippen LogP contribution in [-0.4, -0.2) is 39.7 Å². The molecule has 4 nitrogen and oxygen atoms in total. The molecule has 4 N–H and O–H groups in total. The van der Waals surface area contributed by atoms with Gasteiger partial charge in [-0.15, -0.1) is 11.8 Å². The molecule has 90 valence electrons. The van der Waals surface area contributed by atoms with E-state index in [1.54, 1.807) is 24.2 Å². The summed E-state index contributed by atoms with van der Waals surface area (Å²) >= 11 is 1.54. The van der Waals surface area contributed by atoms with Crippen molar-refractivity contribution in [3.63, 3.8) is 0 Å². The Kier molecular flexibility index (Phi) is 5.76. The Morgan fingerprint density at radius 3 is 2.81 bits per heavy atom. The number of pyridine rings is 1. The quantitative estimate of drug-likeness (QED) is 0.679. The molecule has 1 rings (SSSR count). The highest BCUT2D eigenvalue weighted by Crippen LogP contribution is 2.31. The third-order valence-electron chi connectivity index (χ3n) is 2.17. The van der Waals surface area contributed by atoms with Gasteiger partial charge < -0.3 is 15.9 Å². The predicted octanol–water partition coefficient (Wildman–Crippen LogP) is 0.556. The molecule has 16 heavy (non-hydrogen) atoms. The average molecular weight is 242 g/mol. The molecule has 0 saturated carbocycles. The zero-order chi connectivity index (χ0) is 12.0. The van der Waals surface area contributed by atoms with Gasteiger partial charge in [0.1, 0.15) is 0 Å². The highest BCUT2D eigenvalue weighted by Gasteiger charge is 2.18. The van der Waals surface area contributed by atoms with Gasteiger partial charge in [0.2, 0.25) is 0 Å². The SMILES string of the molecule is CC(N)C(SCC(O)CO)c1cccnc1. The Morgan fingerprint density at radius 1 is 1.56 bits per heavy atom. The number of hydrogen-bond acceptors (Lipinski definition) is 5. The maximum Gasteiger partial charge on any atom is 0.0861 e. The molecule has 0 aliphatic carbocycles. The van der Waals surface area contributed by atoms with Gasteiger partial charge in [0.05, 0.1) is 12.7 Å². The maximum absolute atomic E-state index is 9.31. The van der Waals surface area contributed by atoms with Crippen molar-refractivity contribution in [2.24, 2.45) is 5.73 Å². The van der Waals surface area contributed by atoms with Crippen molar-refractivity contribution in [1.82, 2.24) is 4.98 Å². The molecule has 0 spiro atoms.